The highest BCUT2D eigenvalue weighted by Gasteiger charge is 2.33. The number of thiol groups is 1. The third-order valence-electron chi connectivity index (χ3n) is 1.61. The first-order valence-corrected chi connectivity index (χ1v) is 4.22. The van der Waals surface area contributed by atoms with Gasteiger partial charge in [0, 0.05) is 4.90 Å². The molecule has 1 rings (SSSR count). The first-order chi connectivity index (χ1) is 5.84. The van der Waals surface area contributed by atoms with Gasteiger partial charge in [0.15, 0.2) is 0 Å². The molecule has 5 heteroatoms. The number of hydrogen-bond donors (Lipinski definition) is 1. The Balaban J connectivity index is 3.35. The van der Waals surface area contributed by atoms with Gasteiger partial charge in [-0.2, -0.15) is 13.2 Å². The standard InChI is InChI=1S/C8H6ClF3S/c1-4-2-3-5(8(10,11)12)7(13)6(4)9/h2-3,13H,1H3. The van der Waals surface area contributed by atoms with Crippen molar-refractivity contribution in [3.63, 3.8) is 0 Å². The molecule has 0 N–H and O–H groups in total. The van der Waals surface area contributed by atoms with E-state index in [0.717, 1.165) is 6.07 Å². The van der Waals surface area contributed by atoms with E-state index in [9.17, 15) is 13.2 Å². The van der Waals surface area contributed by atoms with Gasteiger partial charge in [0.25, 0.3) is 0 Å². The third-order valence-corrected chi connectivity index (χ3v) is 2.70. The smallest absolute Gasteiger partial charge is 0.166 e. The summed E-state index contributed by atoms with van der Waals surface area (Å²) in [4.78, 5) is -0.214. The molecule has 0 aliphatic rings. The van der Waals surface area contributed by atoms with Crippen molar-refractivity contribution >= 4 is 24.2 Å². The Hall–Kier alpha value is -0.350. The third kappa shape index (κ3) is 2.11. The van der Waals surface area contributed by atoms with E-state index < -0.39 is 11.7 Å². The van der Waals surface area contributed by atoms with Crippen LogP contribution in [0.4, 0.5) is 13.2 Å². The van der Waals surface area contributed by atoms with Gasteiger partial charge >= 0.3 is 6.18 Å². The minimum absolute atomic E-state index is 0.0539. The lowest BCUT2D eigenvalue weighted by atomic mass is 10.1. The molecular weight excluding hydrogens is 221 g/mol. The molecule has 0 radical (unpaired) electrons. The second-order valence-corrected chi connectivity index (χ2v) is 3.42. The molecule has 0 nitrogen and oxygen atoms in total. The minimum atomic E-state index is -4.39. The summed E-state index contributed by atoms with van der Waals surface area (Å²) in [6.45, 7) is 1.63. The average molecular weight is 227 g/mol. The summed E-state index contributed by atoms with van der Waals surface area (Å²) in [5.74, 6) is 0. The molecule has 0 unspecified atom stereocenters. The van der Waals surface area contributed by atoms with E-state index >= 15 is 0 Å². The molecule has 0 saturated heterocycles. The lowest BCUT2D eigenvalue weighted by Gasteiger charge is -2.11. The number of rotatable bonds is 0. The first kappa shape index (κ1) is 10.7. The van der Waals surface area contributed by atoms with E-state index in [1.54, 1.807) is 6.92 Å². The molecule has 1 aromatic rings. The topological polar surface area (TPSA) is 0 Å². The Morgan fingerprint density at radius 1 is 1.31 bits per heavy atom. The first-order valence-electron chi connectivity index (χ1n) is 3.39. The minimum Gasteiger partial charge on any atom is -0.166 e. The monoisotopic (exact) mass is 226 g/mol. The van der Waals surface area contributed by atoms with Gasteiger partial charge in [-0.1, -0.05) is 17.7 Å². The lowest BCUT2D eigenvalue weighted by molar-refractivity contribution is -0.139. The summed E-state index contributed by atoms with van der Waals surface area (Å²) in [5, 5.41) is 0.0539. The van der Waals surface area contributed by atoms with Crippen LogP contribution in [0.1, 0.15) is 11.1 Å². The van der Waals surface area contributed by atoms with Crippen molar-refractivity contribution in [2.24, 2.45) is 0 Å². The van der Waals surface area contributed by atoms with Gasteiger partial charge in [-0.05, 0) is 18.6 Å². The zero-order valence-corrected chi connectivity index (χ0v) is 8.26. The molecule has 0 atom stereocenters. The fourth-order valence-electron chi connectivity index (χ4n) is 0.894. The molecule has 0 bridgehead atoms. The highest BCUT2D eigenvalue weighted by molar-refractivity contribution is 7.80. The number of aryl methyl sites for hydroxylation is 1. The van der Waals surface area contributed by atoms with Gasteiger partial charge in [-0.3, -0.25) is 0 Å². The summed E-state index contributed by atoms with van der Waals surface area (Å²) in [6, 6.07) is 2.30. The van der Waals surface area contributed by atoms with E-state index in [2.05, 4.69) is 12.6 Å². The van der Waals surface area contributed by atoms with Crippen LogP contribution in [0, 0.1) is 6.92 Å². The second-order valence-electron chi connectivity index (χ2n) is 2.59. The Kier molecular flexibility index (Phi) is 2.82. The molecule has 0 heterocycles. The zero-order valence-electron chi connectivity index (χ0n) is 6.61. The molecule has 0 aromatic heterocycles. The van der Waals surface area contributed by atoms with Crippen LogP contribution in [0.25, 0.3) is 0 Å². The maximum atomic E-state index is 12.3. The SMILES string of the molecule is Cc1ccc(C(F)(F)F)c(S)c1Cl. The maximum Gasteiger partial charge on any atom is 0.417 e. The molecule has 0 fully saturated rings. The van der Waals surface area contributed by atoms with E-state index in [4.69, 9.17) is 11.6 Å². The number of benzene rings is 1. The Bertz CT molecular complexity index is 333. The maximum absolute atomic E-state index is 12.3. The molecular formula is C8H6ClF3S. The zero-order chi connectivity index (χ0) is 10.2. The molecule has 0 saturated carbocycles. The summed E-state index contributed by atoms with van der Waals surface area (Å²) in [5.41, 5.74) is -0.217. The highest BCUT2D eigenvalue weighted by atomic mass is 35.5. The van der Waals surface area contributed by atoms with Crippen molar-refractivity contribution in [1.29, 1.82) is 0 Å². The summed E-state index contributed by atoms with van der Waals surface area (Å²) in [6.07, 6.45) is -4.39. The van der Waals surface area contributed by atoms with Crippen molar-refractivity contribution in [2.75, 3.05) is 0 Å². The summed E-state index contributed by atoms with van der Waals surface area (Å²) in [7, 11) is 0. The van der Waals surface area contributed by atoms with Crippen LogP contribution in [-0.2, 0) is 6.18 Å². The Labute approximate surface area is 84.1 Å². The van der Waals surface area contributed by atoms with Crippen LogP contribution in [0.5, 0.6) is 0 Å². The van der Waals surface area contributed by atoms with E-state index in [1.807, 2.05) is 0 Å². The fourth-order valence-corrected chi connectivity index (χ4v) is 1.44. The molecule has 0 aliphatic heterocycles. The van der Waals surface area contributed by atoms with Gasteiger partial charge < -0.3 is 0 Å². The van der Waals surface area contributed by atoms with Gasteiger partial charge in [0.1, 0.15) is 0 Å². The van der Waals surface area contributed by atoms with Crippen molar-refractivity contribution in [3.8, 4) is 0 Å². The highest BCUT2D eigenvalue weighted by Crippen LogP contribution is 2.38. The summed E-state index contributed by atoms with van der Waals surface area (Å²) >= 11 is 9.34. The van der Waals surface area contributed by atoms with Crippen molar-refractivity contribution in [2.45, 2.75) is 18.0 Å². The van der Waals surface area contributed by atoms with Gasteiger partial charge in [0.05, 0.1) is 10.6 Å². The van der Waals surface area contributed by atoms with Crippen LogP contribution >= 0.6 is 24.2 Å². The van der Waals surface area contributed by atoms with Crippen LogP contribution in [0.3, 0.4) is 0 Å². The van der Waals surface area contributed by atoms with Crippen LogP contribution in [0.15, 0.2) is 17.0 Å². The summed E-state index contributed by atoms with van der Waals surface area (Å²) < 4.78 is 36.8. The Morgan fingerprint density at radius 2 is 1.85 bits per heavy atom. The molecule has 1 aromatic carbocycles. The largest absolute Gasteiger partial charge is 0.417 e. The van der Waals surface area contributed by atoms with Crippen molar-refractivity contribution in [1.82, 2.24) is 0 Å². The van der Waals surface area contributed by atoms with Crippen molar-refractivity contribution < 1.29 is 13.2 Å². The quantitative estimate of drug-likeness (QED) is 0.636. The molecule has 0 aliphatic carbocycles. The predicted molar refractivity (Wildman–Crippen MR) is 48.4 cm³/mol. The number of alkyl halides is 3. The van der Waals surface area contributed by atoms with Gasteiger partial charge in [-0.25, -0.2) is 0 Å². The van der Waals surface area contributed by atoms with E-state index in [1.165, 1.54) is 6.07 Å². The number of hydrogen-bond acceptors (Lipinski definition) is 1. The normalized spacial score (nSPS) is 11.8. The predicted octanol–water partition coefficient (Wildman–Crippen LogP) is 3.96. The second kappa shape index (κ2) is 3.42. The van der Waals surface area contributed by atoms with Crippen LogP contribution in [0.2, 0.25) is 5.02 Å². The number of halogens is 4. The van der Waals surface area contributed by atoms with Crippen LogP contribution < -0.4 is 0 Å². The molecule has 0 spiro atoms. The van der Waals surface area contributed by atoms with Crippen molar-refractivity contribution in [3.05, 3.63) is 28.3 Å². The van der Waals surface area contributed by atoms with Gasteiger partial charge in [-0.15, -0.1) is 12.6 Å². The molecule has 13 heavy (non-hydrogen) atoms. The van der Waals surface area contributed by atoms with E-state index in [0.29, 0.717) is 5.56 Å². The molecule has 0 amide bonds. The average Bonchev–Trinajstić information content (AvgIpc) is 1.98. The lowest BCUT2D eigenvalue weighted by Crippen LogP contribution is -2.06. The fraction of sp³-hybridized carbons (Fsp3) is 0.250. The molecule has 72 valence electrons. The van der Waals surface area contributed by atoms with E-state index in [-0.39, 0.29) is 9.92 Å². The van der Waals surface area contributed by atoms with Gasteiger partial charge in [0.2, 0.25) is 0 Å². The van der Waals surface area contributed by atoms with Crippen LogP contribution in [-0.4, -0.2) is 0 Å². The Morgan fingerprint density at radius 3 is 2.31 bits per heavy atom.